The number of hydrogen-bond acceptors (Lipinski definition) is 5. The molecule has 0 aliphatic rings. The van der Waals surface area contributed by atoms with Crippen LogP contribution < -0.4 is 14.8 Å². The van der Waals surface area contributed by atoms with Gasteiger partial charge in [0, 0.05) is 31.1 Å². The van der Waals surface area contributed by atoms with Crippen LogP contribution >= 0.6 is 0 Å². The Hall–Kier alpha value is -3.04. The van der Waals surface area contributed by atoms with Gasteiger partial charge in [-0.1, -0.05) is 18.2 Å². The van der Waals surface area contributed by atoms with E-state index in [1.807, 2.05) is 30.1 Å². The number of carbonyl (C=O) groups excluding carboxylic acids is 1. The number of carbonyl (C=O) groups is 1. The molecule has 0 fully saturated rings. The minimum atomic E-state index is -0.124. The predicted molar refractivity (Wildman–Crippen MR) is 100 cm³/mol. The lowest BCUT2D eigenvalue weighted by molar-refractivity contribution is -0.116. The van der Waals surface area contributed by atoms with Crippen molar-refractivity contribution in [2.75, 3.05) is 33.1 Å². The maximum atomic E-state index is 12.2. The lowest BCUT2D eigenvalue weighted by Crippen LogP contribution is -2.24. The molecule has 0 atom stereocenters. The predicted octanol–water partition coefficient (Wildman–Crippen LogP) is 3.04. The van der Waals surface area contributed by atoms with Crippen molar-refractivity contribution in [2.24, 2.45) is 0 Å². The zero-order chi connectivity index (χ0) is 18.9. The summed E-state index contributed by atoms with van der Waals surface area (Å²) in [7, 11) is 5.18. The molecule has 2 rings (SSSR count). The Morgan fingerprint density at radius 3 is 2.65 bits per heavy atom. The maximum Gasteiger partial charge on any atom is 0.225 e. The molecule has 0 aliphatic carbocycles. The Balaban J connectivity index is 1.89. The third-order valence-corrected chi connectivity index (χ3v) is 3.98. The smallest absolute Gasteiger partial charge is 0.225 e. The lowest BCUT2D eigenvalue weighted by atomic mass is 10.1. The number of rotatable bonds is 8. The first-order chi connectivity index (χ1) is 12.6. The van der Waals surface area contributed by atoms with E-state index in [4.69, 9.17) is 14.7 Å². The highest BCUT2D eigenvalue weighted by Crippen LogP contribution is 2.25. The fraction of sp³-hybridized carbons (Fsp3) is 0.300. The summed E-state index contributed by atoms with van der Waals surface area (Å²) in [5, 5.41) is 11.9. The van der Waals surface area contributed by atoms with Gasteiger partial charge in [0.2, 0.25) is 5.91 Å². The quantitative estimate of drug-likeness (QED) is 0.789. The molecule has 2 aromatic rings. The van der Waals surface area contributed by atoms with Gasteiger partial charge in [0.05, 0.1) is 25.5 Å². The summed E-state index contributed by atoms with van der Waals surface area (Å²) < 4.78 is 10.6. The van der Waals surface area contributed by atoms with Crippen LogP contribution in [-0.4, -0.2) is 38.6 Å². The number of nitrogens with zero attached hydrogens (tertiary/aromatic N) is 2. The first kappa shape index (κ1) is 19.3. The fourth-order valence-corrected chi connectivity index (χ4v) is 2.55. The number of nitriles is 1. The zero-order valence-corrected chi connectivity index (χ0v) is 15.3. The highest BCUT2D eigenvalue weighted by atomic mass is 16.5. The Labute approximate surface area is 153 Å². The summed E-state index contributed by atoms with van der Waals surface area (Å²) in [4.78, 5) is 14.2. The number of benzene rings is 2. The second-order valence-electron chi connectivity index (χ2n) is 5.87. The van der Waals surface area contributed by atoms with E-state index >= 15 is 0 Å². The number of nitrogens with one attached hydrogen (secondary N) is 1. The van der Waals surface area contributed by atoms with Crippen molar-refractivity contribution < 1.29 is 14.3 Å². The second kappa shape index (κ2) is 9.44. The minimum absolute atomic E-state index is 0.124. The third kappa shape index (κ3) is 5.23. The largest absolute Gasteiger partial charge is 0.497 e. The highest BCUT2D eigenvalue weighted by molar-refractivity contribution is 5.92. The van der Waals surface area contributed by atoms with Gasteiger partial charge in [-0.05, 0) is 25.2 Å². The molecule has 0 aliphatic heterocycles. The van der Waals surface area contributed by atoms with E-state index in [1.165, 1.54) is 0 Å². The number of amides is 1. The molecule has 0 aromatic heterocycles. The summed E-state index contributed by atoms with van der Waals surface area (Å²) in [5.74, 6) is 1.37. The van der Waals surface area contributed by atoms with Crippen molar-refractivity contribution in [3.05, 3.63) is 53.6 Å². The van der Waals surface area contributed by atoms with Gasteiger partial charge >= 0.3 is 0 Å². The number of hydrogen-bond donors (Lipinski definition) is 1. The summed E-state index contributed by atoms with van der Waals surface area (Å²) in [6.45, 7) is 1.23. The van der Waals surface area contributed by atoms with Crippen LogP contribution in [0.15, 0.2) is 42.5 Å². The van der Waals surface area contributed by atoms with Crippen LogP contribution in [0.3, 0.4) is 0 Å². The summed E-state index contributed by atoms with van der Waals surface area (Å²) in [6.07, 6.45) is 0.328. The average Bonchev–Trinajstić information content (AvgIpc) is 2.67. The molecule has 1 N–H and O–H groups in total. The van der Waals surface area contributed by atoms with Crippen LogP contribution in [0.1, 0.15) is 17.5 Å². The lowest BCUT2D eigenvalue weighted by Gasteiger charge is -2.18. The molecule has 0 radical (unpaired) electrons. The molecular weight excluding hydrogens is 330 g/mol. The van der Waals surface area contributed by atoms with Crippen LogP contribution in [0.4, 0.5) is 5.69 Å². The summed E-state index contributed by atoms with van der Waals surface area (Å²) in [6, 6.07) is 14.7. The van der Waals surface area contributed by atoms with Gasteiger partial charge in [-0.15, -0.1) is 0 Å². The molecule has 6 nitrogen and oxygen atoms in total. The van der Waals surface area contributed by atoms with Crippen LogP contribution in [0.2, 0.25) is 0 Å². The standard InChI is InChI=1S/C20H23N3O3/c1-23(14-16-8-9-17(25-2)12-19(16)26-3)11-10-20(24)22-18-7-5-4-6-15(18)13-21/h4-9,12H,10-11,14H2,1-3H3,(H,22,24). The minimum Gasteiger partial charge on any atom is -0.497 e. The molecule has 1 amide bonds. The summed E-state index contributed by atoms with van der Waals surface area (Å²) in [5.41, 5.74) is 2.02. The number of methoxy groups -OCH3 is 2. The van der Waals surface area contributed by atoms with Gasteiger partial charge in [-0.2, -0.15) is 5.26 Å². The Morgan fingerprint density at radius 2 is 1.96 bits per heavy atom. The van der Waals surface area contributed by atoms with Crippen LogP contribution in [0, 0.1) is 11.3 Å². The Morgan fingerprint density at radius 1 is 1.19 bits per heavy atom. The van der Waals surface area contributed by atoms with E-state index in [0.29, 0.717) is 30.8 Å². The molecule has 26 heavy (non-hydrogen) atoms. The summed E-state index contributed by atoms with van der Waals surface area (Å²) >= 11 is 0. The zero-order valence-electron chi connectivity index (χ0n) is 15.3. The first-order valence-corrected chi connectivity index (χ1v) is 8.25. The van der Waals surface area contributed by atoms with Crippen molar-refractivity contribution in [2.45, 2.75) is 13.0 Å². The SMILES string of the molecule is COc1ccc(CN(C)CCC(=O)Nc2ccccc2C#N)c(OC)c1. The molecule has 136 valence electrons. The van der Waals surface area contributed by atoms with Crippen LogP contribution in [0.5, 0.6) is 11.5 Å². The number of para-hydroxylation sites is 1. The van der Waals surface area contributed by atoms with Crippen molar-refractivity contribution in [3.63, 3.8) is 0 Å². The van der Waals surface area contributed by atoms with Crippen molar-refractivity contribution in [1.29, 1.82) is 5.26 Å². The third-order valence-electron chi connectivity index (χ3n) is 3.98. The normalized spacial score (nSPS) is 10.3. The molecule has 0 spiro atoms. The van der Waals surface area contributed by atoms with E-state index < -0.39 is 0 Å². The molecule has 6 heteroatoms. The first-order valence-electron chi connectivity index (χ1n) is 8.25. The Bertz CT molecular complexity index is 799. The van der Waals surface area contributed by atoms with Gasteiger partial charge in [-0.25, -0.2) is 0 Å². The topological polar surface area (TPSA) is 74.6 Å². The molecule has 0 bridgehead atoms. The van der Waals surface area contributed by atoms with Crippen molar-refractivity contribution >= 4 is 11.6 Å². The Kier molecular flexibility index (Phi) is 7.01. The number of anilines is 1. The van der Waals surface area contributed by atoms with Gasteiger partial charge in [0.25, 0.3) is 0 Å². The van der Waals surface area contributed by atoms with Crippen molar-refractivity contribution in [1.82, 2.24) is 4.90 Å². The van der Waals surface area contributed by atoms with Crippen LogP contribution in [0.25, 0.3) is 0 Å². The monoisotopic (exact) mass is 353 g/mol. The molecule has 0 saturated carbocycles. The fourth-order valence-electron chi connectivity index (χ4n) is 2.55. The van der Waals surface area contributed by atoms with E-state index in [-0.39, 0.29) is 5.91 Å². The molecule has 0 heterocycles. The van der Waals surface area contributed by atoms with Gasteiger partial charge in [0.15, 0.2) is 0 Å². The van der Waals surface area contributed by atoms with Crippen molar-refractivity contribution in [3.8, 4) is 17.6 Å². The van der Waals surface area contributed by atoms with E-state index in [1.54, 1.807) is 38.5 Å². The second-order valence-corrected chi connectivity index (χ2v) is 5.87. The average molecular weight is 353 g/mol. The van der Waals surface area contributed by atoms with Gasteiger partial charge in [0.1, 0.15) is 17.6 Å². The van der Waals surface area contributed by atoms with E-state index in [0.717, 1.165) is 17.1 Å². The van der Waals surface area contributed by atoms with E-state index in [9.17, 15) is 4.79 Å². The maximum absolute atomic E-state index is 12.2. The molecular formula is C20H23N3O3. The van der Waals surface area contributed by atoms with Crippen LogP contribution in [-0.2, 0) is 11.3 Å². The van der Waals surface area contributed by atoms with E-state index in [2.05, 4.69) is 11.4 Å². The molecule has 0 saturated heterocycles. The number of ether oxygens (including phenoxy) is 2. The molecule has 2 aromatic carbocycles. The van der Waals surface area contributed by atoms with Gasteiger partial charge < -0.3 is 19.7 Å². The van der Waals surface area contributed by atoms with Gasteiger partial charge in [-0.3, -0.25) is 4.79 Å². The molecule has 0 unspecified atom stereocenters. The highest BCUT2D eigenvalue weighted by Gasteiger charge is 2.11.